The molecule has 1 heterocycles. The molecule has 268 valence electrons. The Morgan fingerprint density at radius 2 is 1.71 bits per heavy atom. The maximum atomic E-state index is 11.5. The predicted octanol–water partition coefficient (Wildman–Crippen LogP) is 10.3. The van der Waals surface area contributed by atoms with Crippen molar-refractivity contribution in [1.29, 1.82) is 0 Å². The van der Waals surface area contributed by atoms with Crippen molar-refractivity contribution in [3.63, 3.8) is 0 Å². The van der Waals surface area contributed by atoms with Gasteiger partial charge in [-0.25, -0.2) is 4.79 Å². The van der Waals surface area contributed by atoms with Crippen molar-refractivity contribution in [2.45, 2.75) is 138 Å². The minimum atomic E-state index is -0.842. The van der Waals surface area contributed by atoms with Gasteiger partial charge in [-0.3, -0.25) is 4.90 Å². The van der Waals surface area contributed by atoms with Gasteiger partial charge in [-0.2, -0.15) is 0 Å². The number of carboxylic acid groups (broad SMARTS) is 1. The summed E-state index contributed by atoms with van der Waals surface area (Å²) in [5.74, 6) is 2.77. The summed E-state index contributed by atoms with van der Waals surface area (Å²) in [6.07, 6.45) is 15.9. The highest BCUT2D eigenvalue weighted by Gasteiger charge is 2.69. The van der Waals surface area contributed by atoms with Crippen LogP contribution in [0.15, 0.2) is 36.4 Å². The standard InChI is InChI=1S/C44H70N2O2/c1-10-41(7)36(40(5,6)27-31-14-16-32(17-15-31)39(47)48)21-22-43(9)37(41)19-18-35-38-34(30(3)4)20-23-44(38,25-24-42(35,43)8)29-45-28-33-13-12-26-46(33)11-2/h14-17,33-38,45H,3,10-13,18-29H2,1-2,4-9H3,(H,47,48)/t33?,34-,35+,36-,37+,38+,41-,42+,43+,44+/m0/s1. The number of aromatic carboxylic acids is 1. The summed E-state index contributed by atoms with van der Waals surface area (Å²) in [6.45, 7) is 29.9. The third-order valence-corrected chi connectivity index (χ3v) is 16.8. The van der Waals surface area contributed by atoms with Gasteiger partial charge < -0.3 is 10.4 Å². The first-order valence-electron chi connectivity index (χ1n) is 20.1. The van der Waals surface area contributed by atoms with Crippen LogP contribution in [-0.4, -0.2) is 48.2 Å². The number of nitrogens with zero attached hydrogens (tertiary/aromatic N) is 1. The number of likely N-dealkylation sites (N-methyl/N-ethyl adjacent to an activating group) is 1. The number of fused-ring (bicyclic) bond motifs is 5. The van der Waals surface area contributed by atoms with Crippen LogP contribution in [0.2, 0.25) is 0 Å². The molecule has 1 aromatic carbocycles. The Morgan fingerprint density at radius 1 is 0.979 bits per heavy atom. The second kappa shape index (κ2) is 13.2. The fraction of sp³-hybridized carbons (Fsp3) is 0.795. The van der Waals surface area contributed by atoms with Gasteiger partial charge in [0, 0.05) is 19.1 Å². The average Bonchev–Trinajstić information content (AvgIpc) is 3.66. The highest BCUT2D eigenvalue weighted by atomic mass is 16.4. The fourth-order valence-electron chi connectivity index (χ4n) is 14.2. The molecule has 2 N–H and O–H groups in total. The molecule has 4 saturated carbocycles. The number of carbonyl (C=O) groups is 1. The molecule has 0 aromatic heterocycles. The fourth-order valence-corrected chi connectivity index (χ4v) is 14.2. The normalized spacial score (nSPS) is 41.4. The minimum absolute atomic E-state index is 0.144. The highest BCUT2D eigenvalue weighted by Crippen LogP contribution is 2.76. The van der Waals surface area contributed by atoms with Crippen LogP contribution in [0.5, 0.6) is 0 Å². The maximum absolute atomic E-state index is 11.5. The van der Waals surface area contributed by atoms with Crippen molar-refractivity contribution in [2.24, 2.45) is 56.7 Å². The first-order chi connectivity index (χ1) is 22.7. The summed E-state index contributed by atoms with van der Waals surface area (Å²) in [5, 5.41) is 13.6. The molecular weight excluding hydrogens is 588 g/mol. The van der Waals surface area contributed by atoms with Gasteiger partial charge in [0.2, 0.25) is 0 Å². The van der Waals surface area contributed by atoms with Crippen molar-refractivity contribution in [1.82, 2.24) is 10.2 Å². The van der Waals surface area contributed by atoms with E-state index in [1.54, 1.807) is 12.1 Å². The number of likely N-dealkylation sites (tertiary alicyclic amines) is 1. The zero-order valence-corrected chi connectivity index (χ0v) is 32.1. The largest absolute Gasteiger partial charge is 0.478 e. The number of rotatable bonds is 11. The van der Waals surface area contributed by atoms with Gasteiger partial charge in [-0.05, 0) is 165 Å². The van der Waals surface area contributed by atoms with E-state index in [2.05, 4.69) is 84.3 Å². The van der Waals surface area contributed by atoms with Crippen LogP contribution >= 0.6 is 0 Å². The molecule has 4 nitrogen and oxygen atoms in total. The lowest BCUT2D eigenvalue weighted by atomic mass is 9.33. The molecule has 0 radical (unpaired) electrons. The summed E-state index contributed by atoms with van der Waals surface area (Å²) in [5.41, 5.74) is 4.68. The van der Waals surface area contributed by atoms with E-state index >= 15 is 0 Å². The Hall–Kier alpha value is -1.65. The van der Waals surface area contributed by atoms with Crippen LogP contribution < -0.4 is 5.32 Å². The van der Waals surface area contributed by atoms with Crippen LogP contribution in [0.4, 0.5) is 0 Å². The molecule has 10 atom stereocenters. The molecule has 4 aliphatic carbocycles. The molecule has 1 unspecified atom stereocenters. The smallest absolute Gasteiger partial charge is 0.335 e. The van der Waals surface area contributed by atoms with Crippen LogP contribution in [0.1, 0.15) is 142 Å². The lowest BCUT2D eigenvalue weighted by Gasteiger charge is -2.72. The van der Waals surface area contributed by atoms with Gasteiger partial charge in [0.15, 0.2) is 0 Å². The monoisotopic (exact) mass is 659 g/mol. The number of hydrogen-bond acceptors (Lipinski definition) is 3. The lowest BCUT2D eigenvalue weighted by molar-refractivity contribution is -0.228. The van der Waals surface area contributed by atoms with E-state index in [4.69, 9.17) is 0 Å². The van der Waals surface area contributed by atoms with E-state index in [-0.39, 0.29) is 10.8 Å². The Kier molecular flexibility index (Phi) is 9.91. The van der Waals surface area contributed by atoms with Gasteiger partial charge in [-0.15, -0.1) is 0 Å². The summed E-state index contributed by atoms with van der Waals surface area (Å²) in [6, 6.07) is 8.43. The van der Waals surface area contributed by atoms with E-state index in [1.165, 1.54) is 101 Å². The quantitative estimate of drug-likeness (QED) is 0.232. The molecule has 1 aliphatic heterocycles. The van der Waals surface area contributed by atoms with E-state index in [0.717, 1.165) is 36.8 Å². The van der Waals surface area contributed by atoms with Gasteiger partial charge in [0.25, 0.3) is 0 Å². The van der Waals surface area contributed by atoms with Crippen molar-refractivity contribution in [3.8, 4) is 0 Å². The number of hydrogen-bond donors (Lipinski definition) is 2. The van der Waals surface area contributed by atoms with Crippen LogP contribution in [-0.2, 0) is 6.42 Å². The molecule has 48 heavy (non-hydrogen) atoms. The van der Waals surface area contributed by atoms with Gasteiger partial charge >= 0.3 is 5.97 Å². The Balaban J connectivity index is 1.25. The van der Waals surface area contributed by atoms with E-state index in [1.807, 2.05) is 0 Å². The molecular formula is C44H70N2O2. The Bertz CT molecular complexity index is 1340. The molecule has 4 heteroatoms. The highest BCUT2D eigenvalue weighted by molar-refractivity contribution is 5.87. The Labute approximate surface area is 294 Å². The van der Waals surface area contributed by atoms with Crippen LogP contribution in [0, 0.1) is 56.7 Å². The van der Waals surface area contributed by atoms with Crippen LogP contribution in [0.25, 0.3) is 0 Å². The van der Waals surface area contributed by atoms with Crippen molar-refractivity contribution in [3.05, 3.63) is 47.5 Å². The number of allylic oxidation sites excluding steroid dienone is 1. The Morgan fingerprint density at radius 3 is 2.35 bits per heavy atom. The summed E-state index contributed by atoms with van der Waals surface area (Å²) >= 11 is 0. The SMILES string of the molecule is C=C(C)[C@@H]1CC[C@]2(CNCC3CCCN3CC)CC[C@]3(C)[C@H](CC[C@@H]4[C@@](C)(CC)[C@H](C(C)(C)Cc5ccc(C(=O)O)cc5)CC[C@]43C)[C@@H]12. The average molecular weight is 659 g/mol. The molecule has 1 aromatic rings. The molecule has 5 fully saturated rings. The summed E-state index contributed by atoms with van der Waals surface area (Å²) in [4.78, 5) is 14.2. The van der Waals surface area contributed by atoms with Crippen molar-refractivity contribution in [2.75, 3.05) is 26.2 Å². The van der Waals surface area contributed by atoms with Gasteiger partial charge in [0.1, 0.15) is 0 Å². The minimum Gasteiger partial charge on any atom is -0.478 e. The zero-order chi connectivity index (χ0) is 34.7. The zero-order valence-electron chi connectivity index (χ0n) is 32.1. The molecule has 0 bridgehead atoms. The van der Waals surface area contributed by atoms with Crippen LogP contribution in [0.3, 0.4) is 0 Å². The summed E-state index contributed by atoms with van der Waals surface area (Å²) < 4.78 is 0. The molecule has 5 aliphatic rings. The predicted molar refractivity (Wildman–Crippen MR) is 200 cm³/mol. The number of benzene rings is 1. The lowest BCUT2D eigenvalue weighted by Crippen LogP contribution is -2.65. The summed E-state index contributed by atoms with van der Waals surface area (Å²) in [7, 11) is 0. The number of nitrogens with one attached hydrogen (secondary N) is 1. The third kappa shape index (κ3) is 5.75. The topological polar surface area (TPSA) is 52.6 Å². The second-order valence-corrected chi connectivity index (χ2v) is 19.1. The molecule has 1 saturated heterocycles. The molecule has 6 rings (SSSR count). The van der Waals surface area contributed by atoms with E-state index in [9.17, 15) is 9.90 Å². The van der Waals surface area contributed by atoms with E-state index in [0.29, 0.717) is 33.6 Å². The van der Waals surface area contributed by atoms with Crippen molar-refractivity contribution >= 4 is 5.97 Å². The van der Waals surface area contributed by atoms with Crippen molar-refractivity contribution < 1.29 is 9.90 Å². The molecule has 0 spiro atoms. The maximum Gasteiger partial charge on any atom is 0.335 e. The second-order valence-electron chi connectivity index (χ2n) is 19.1. The first-order valence-corrected chi connectivity index (χ1v) is 20.1. The van der Waals surface area contributed by atoms with Gasteiger partial charge in [0.05, 0.1) is 5.56 Å². The van der Waals surface area contributed by atoms with E-state index < -0.39 is 5.97 Å². The van der Waals surface area contributed by atoms with Gasteiger partial charge in [-0.1, -0.05) is 79.2 Å². The molecule has 0 amide bonds. The first kappa shape index (κ1) is 36.2. The number of carboxylic acids is 1. The third-order valence-electron chi connectivity index (χ3n) is 16.8.